The lowest BCUT2D eigenvalue weighted by Crippen LogP contribution is -2.40. The first-order valence-corrected chi connectivity index (χ1v) is 19.4. The zero-order valence-electron chi connectivity index (χ0n) is 31.7. The normalized spacial score (nSPS) is 17.0. The molecule has 2 aliphatic heterocycles. The average molecular weight is 761 g/mol. The molecule has 14 nitrogen and oxygen atoms in total. The molecule has 4 N–H and O–H groups in total. The van der Waals surface area contributed by atoms with E-state index in [-0.39, 0.29) is 42.3 Å². The summed E-state index contributed by atoms with van der Waals surface area (Å²) < 4.78 is 0. The molecule has 14 heteroatoms. The Morgan fingerprint density at radius 2 is 1.54 bits per heavy atom. The number of nitrogens with one attached hydrogen (secondary N) is 4. The number of rotatable bonds is 10. The van der Waals surface area contributed by atoms with Crippen LogP contribution in [0.25, 0.3) is 55.7 Å². The van der Waals surface area contributed by atoms with Crippen molar-refractivity contribution < 1.29 is 14.4 Å². The Morgan fingerprint density at radius 1 is 0.807 bits per heavy atom. The molecule has 0 unspecified atom stereocenters. The van der Waals surface area contributed by atoms with Crippen molar-refractivity contribution >= 4 is 39.7 Å². The van der Waals surface area contributed by atoms with Crippen LogP contribution in [0.5, 0.6) is 0 Å². The fourth-order valence-corrected chi connectivity index (χ4v) is 7.96. The van der Waals surface area contributed by atoms with Crippen molar-refractivity contribution in [2.45, 2.75) is 51.6 Å². The van der Waals surface area contributed by atoms with Gasteiger partial charge in [-0.05, 0) is 49.8 Å². The van der Waals surface area contributed by atoms with Gasteiger partial charge in [0, 0.05) is 41.4 Å². The molecule has 9 rings (SSSR count). The number of amides is 3. The summed E-state index contributed by atoms with van der Waals surface area (Å²) in [6.07, 6.45) is 10.7. The molecule has 0 bridgehead atoms. The molecule has 57 heavy (non-hydrogen) atoms. The van der Waals surface area contributed by atoms with E-state index in [0.29, 0.717) is 29.0 Å². The van der Waals surface area contributed by atoms with E-state index in [2.05, 4.69) is 30.5 Å². The van der Waals surface area contributed by atoms with E-state index in [0.717, 1.165) is 82.9 Å². The SMILES string of the molecule is CC(C)[CH]C(=O)N1CCC[C@H]1c1nc(-c2ccc(-c3cnc4cc(-c5cnc([C@@H]6CCCN6C(=O)CNC(=O)c6[nH]nc7ccccc67)[nH]5)ccc4n3)cc2)c[nH]1. The lowest BCUT2D eigenvalue weighted by atomic mass is 10.1. The molecule has 2 fully saturated rings. The minimum Gasteiger partial charge on any atom is -0.346 e. The second-order valence-corrected chi connectivity index (χ2v) is 15.0. The van der Waals surface area contributed by atoms with Gasteiger partial charge in [0.1, 0.15) is 17.3 Å². The van der Waals surface area contributed by atoms with Crippen molar-refractivity contribution in [2.75, 3.05) is 19.6 Å². The third-order valence-corrected chi connectivity index (χ3v) is 10.8. The predicted octanol–water partition coefficient (Wildman–Crippen LogP) is 6.57. The molecule has 2 saturated heterocycles. The highest BCUT2D eigenvalue weighted by Gasteiger charge is 2.33. The molecule has 0 saturated carbocycles. The van der Waals surface area contributed by atoms with E-state index in [1.165, 1.54) is 0 Å². The van der Waals surface area contributed by atoms with Gasteiger partial charge in [0.25, 0.3) is 5.91 Å². The molecule has 2 atom stereocenters. The van der Waals surface area contributed by atoms with Crippen LogP contribution in [0.4, 0.5) is 0 Å². The van der Waals surface area contributed by atoms with E-state index in [9.17, 15) is 14.4 Å². The third-order valence-electron chi connectivity index (χ3n) is 10.8. The maximum Gasteiger partial charge on any atom is 0.270 e. The van der Waals surface area contributed by atoms with Crippen LogP contribution in [0.3, 0.4) is 0 Å². The lowest BCUT2D eigenvalue weighted by molar-refractivity contribution is -0.131. The summed E-state index contributed by atoms with van der Waals surface area (Å²) in [6, 6.07) is 21.1. The molecule has 287 valence electrons. The smallest absolute Gasteiger partial charge is 0.270 e. The summed E-state index contributed by atoms with van der Waals surface area (Å²) >= 11 is 0. The fraction of sp³-hybridized carbons (Fsp3) is 0.279. The highest BCUT2D eigenvalue weighted by atomic mass is 16.2. The number of imidazole rings is 2. The van der Waals surface area contributed by atoms with Gasteiger partial charge >= 0.3 is 0 Å². The molecule has 0 aliphatic carbocycles. The minimum absolute atomic E-state index is 0.0411. The van der Waals surface area contributed by atoms with Crippen LogP contribution in [0.15, 0.2) is 85.3 Å². The summed E-state index contributed by atoms with van der Waals surface area (Å²) in [5, 5.41) is 10.4. The van der Waals surface area contributed by atoms with Crippen molar-refractivity contribution in [3.05, 3.63) is 109 Å². The molecule has 7 aromatic rings. The van der Waals surface area contributed by atoms with Gasteiger partial charge < -0.3 is 25.1 Å². The van der Waals surface area contributed by atoms with Crippen molar-refractivity contribution in [1.29, 1.82) is 0 Å². The van der Waals surface area contributed by atoms with Gasteiger partial charge in [-0.2, -0.15) is 5.10 Å². The Kier molecular flexibility index (Phi) is 9.52. The number of hydrogen-bond donors (Lipinski definition) is 4. The standard InChI is InChI=1S/C43H42N11O3/c1-25(2)19-38(55)53-17-5-9-36(53)41-45-22-34(49-41)27-13-11-26(12-14-27)33-21-44-32-20-28(15-16-31(32)48-33)35-23-46-42(50-35)37-10-6-18-54(37)39(56)24-47-43(57)40-29-7-3-4-8-30(29)51-52-40/h3-4,7-8,11-16,19-23,25,36-37H,5-6,9-10,17-18,24H2,1-2H3,(H,45,49)(H,46,50)(H,47,57)(H,51,52)/t36-,37-/m0/s1. The Bertz CT molecular complexity index is 2610. The van der Waals surface area contributed by atoms with Crippen LogP contribution >= 0.6 is 0 Å². The number of benzene rings is 3. The molecule has 6 heterocycles. The van der Waals surface area contributed by atoms with Gasteiger partial charge in [0.2, 0.25) is 11.8 Å². The van der Waals surface area contributed by atoms with Crippen molar-refractivity contribution in [2.24, 2.45) is 5.92 Å². The van der Waals surface area contributed by atoms with Gasteiger partial charge in [0.15, 0.2) is 0 Å². The number of para-hydroxylation sites is 1. The molecular formula is C43H42N11O3. The molecule has 4 aromatic heterocycles. The fourth-order valence-electron chi connectivity index (χ4n) is 7.96. The Hall–Kier alpha value is -6.70. The molecular weight excluding hydrogens is 719 g/mol. The maximum atomic E-state index is 13.3. The van der Waals surface area contributed by atoms with Crippen LogP contribution in [0.2, 0.25) is 0 Å². The molecule has 3 amide bonds. The maximum absolute atomic E-state index is 13.3. The number of H-pyrrole nitrogens is 3. The summed E-state index contributed by atoms with van der Waals surface area (Å²) in [7, 11) is 0. The summed E-state index contributed by atoms with van der Waals surface area (Å²) in [5.41, 5.74) is 7.76. The van der Waals surface area contributed by atoms with Gasteiger partial charge in [0.05, 0.1) is 71.1 Å². The average Bonchev–Trinajstić information content (AvgIpc) is 4.08. The van der Waals surface area contributed by atoms with Crippen LogP contribution in [0.1, 0.15) is 73.8 Å². The van der Waals surface area contributed by atoms with E-state index in [1.54, 1.807) is 23.7 Å². The second kappa shape index (κ2) is 15.1. The van der Waals surface area contributed by atoms with Crippen LogP contribution in [0, 0.1) is 12.3 Å². The summed E-state index contributed by atoms with van der Waals surface area (Å²) in [5.74, 6) is 1.24. The van der Waals surface area contributed by atoms with Crippen LogP contribution < -0.4 is 5.32 Å². The monoisotopic (exact) mass is 760 g/mol. The first-order valence-electron chi connectivity index (χ1n) is 19.4. The first kappa shape index (κ1) is 36.0. The number of aromatic amines is 3. The quantitative estimate of drug-likeness (QED) is 0.121. The number of fused-ring (bicyclic) bond motifs is 2. The number of likely N-dealkylation sites (tertiary alicyclic amines) is 2. The van der Waals surface area contributed by atoms with E-state index in [1.807, 2.05) is 91.7 Å². The largest absolute Gasteiger partial charge is 0.346 e. The molecule has 3 aromatic carbocycles. The zero-order chi connectivity index (χ0) is 39.0. The summed E-state index contributed by atoms with van der Waals surface area (Å²) in [6.45, 7) is 5.24. The third kappa shape index (κ3) is 7.14. The Morgan fingerprint density at radius 3 is 2.35 bits per heavy atom. The number of aromatic nitrogens is 8. The minimum atomic E-state index is -0.375. The highest BCUT2D eigenvalue weighted by molar-refractivity contribution is 6.05. The van der Waals surface area contributed by atoms with Gasteiger partial charge in [-0.3, -0.25) is 24.5 Å². The van der Waals surface area contributed by atoms with Gasteiger partial charge in [-0.1, -0.05) is 62.4 Å². The molecule has 2 aliphatic rings. The lowest BCUT2D eigenvalue weighted by Gasteiger charge is -2.23. The number of carbonyl (C=O) groups is 3. The van der Waals surface area contributed by atoms with E-state index >= 15 is 0 Å². The zero-order valence-corrected chi connectivity index (χ0v) is 31.7. The first-order chi connectivity index (χ1) is 27.8. The van der Waals surface area contributed by atoms with Crippen molar-refractivity contribution in [3.63, 3.8) is 0 Å². The molecule has 0 spiro atoms. The van der Waals surface area contributed by atoms with Gasteiger partial charge in [-0.25, -0.2) is 15.0 Å². The summed E-state index contributed by atoms with van der Waals surface area (Å²) in [4.78, 5) is 68.7. The van der Waals surface area contributed by atoms with Crippen LogP contribution in [-0.2, 0) is 9.59 Å². The Labute approximate surface area is 328 Å². The second-order valence-electron chi connectivity index (χ2n) is 15.0. The number of nitrogens with zero attached hydrogens (tertiary/aromatic N) is 7. The van der Waals surface area contributed by atoms with Crippen molar-refractivity contribution in [1.82, 2.24) is 55.2 Å². The number of carbonyl (C=O) groups excluding carboxylic acids is 3. The predicted molar refractivity (Wildman–Crippen MR) is 215 cm³/mol. The van der Waals surface area contributed by atoms with Crippen LogP contribution in [-0.4, -0.2) is 87.3 Å². The molecule has 1 radical (unpaired) electrons. The van der Waals surface area contributed by atoms with E-state index in [4.69, 9.17) is 15.0 Å². The topological polar surface area (TPSA) is 182 Å². The Balaban J connectivity index is 0.846. The number of hydrogen-bond acceptors (Lipinski definition) is 8. The van der Waals surface area contributed by atoms with Crippen molar-refractivity contribution in [3.8, 4) is 33.8 Å². The van der Waals surface area contributed by atoms with E-state index < -0.39 is 0 Å². The highest BCUT2D eigenvalue weighted by Crippen LogP contribution is 2.34. The van der Waals surface area contributed by atoms with Gasteiger partial charge in [-0.15, -0.1) is 0 Å².